The topological polar surface area (TPSA) is 68.1 Å². The first-order chi connectivity index (χ1) is 8.52. The van der Waals surface area contributed by atoms with Crippen LogP contribution in [0.1, 0.15) is 5.56 Å². The second-order valence-electron chi connectivity index (χ2n) is 3.96. The number of nitrogens with one attached hydrogen (secondary N) is 1. The summed E-state index contributed by atoms with van der Waals surface area (Å²) in [6.07, 6.45) is 2.17. The minimum atomic E-state index is -0.691. The van der Waals surface area contributed by atoms with Gasteiger partial charge in [-0.05, 0) is 17.7 Å². The molecule has 0 fully saturated rings. The number of nitrogens with two attached hydrogens (primary N) is 1. The summed E-state index contributed by atoms with van der Waals surface area (Å²) in [5, 5.41) is 1.86. The summed E-state index contributed by atoms with van der Waals surface area (Å²) in [6, 6.07) is 2.81. The summed E-state index contributed by atoms with van der Waals surface area (Å²) < 4.78 is 4.59. The Hall–Kier alpha value is -1.23. The minimum absolute atomic E-state index is 0.380. The molecule has 18 heavy (non-hydrogen) atoms. The van der Waals surface area contributed by atoms with Crippen molar-refractivity contribution >= 4 is 40.1 Å². The largest absolute Gasteiger partial charge is 0.468 e. The van der Waals surface area contributed by atoms with Crippen LogP contribution in [0.25, 0.3) is 10.9 Å². The van der Waals surface area contributed by atoms with E-state index < -0.39 is 12.0 Å². The predicted octanol–water partition coefficient (Wildman–Crippen LogP) is 2.52. The summed E-state index contributed by atoms with van der Waals surface area (Å²) in [5.74, 6) is -0.440. The van der Waals surface area contributed by atoms with E-state index >= 15 is 0 Å². The van der Waals surface area contributed by atoms with Gasteiger partial charge < -0.3 is 15.5 Å². The van der Waals surface area contributed by atoms with Gasteiger partial charge in [-0.1, -0.05) is 23.2 Å². The standard InChI is InChI=1S/C12H12Cl2N2O2/c1-18-12(17)10(15)2-6-5-16-11-4-9(14)8(13)3-7(6)11/h3-5,10,16H,2,15H2,1H3. The number of hydrogen-bond donors (Lipinski definition) is 2. The van der Waals surface area contributed by atoms with E-state index in [4.69, 9.17) is 28.9 Å². The van der Waals surface area contributed by atoms with E-state index in [0.29, 0.717) is 16.5 Å². The smallest absolute Gasteiger partial charge is 0.322 e. The average molecular weight is 287 g/mol. The Labute approximate surface area is 114 Å². The van der Waals surface area contributed by atoms with Crippen molar-refractivity contribution < 1.29 is 9.53 Å². The van der Waals surface area contributed by atoms with Crippen molar-refractivity contribution in [2.45, 2.75) is 12.5 Å². The van der Waals surface area contributed by atoms with E-state index in [1.54, 1.807) is 18.3 Å². The summed E-state index contributed by atoms with van der Waals surface area (Å²) in [6.45, 7) is 0. The van der Waals surface area contributed by atoms with Crippen molar-refractivity contribution in [1.82, 2.24) is 4.98 Å². The average Bonchev–Trinajstić information content (AvgIpc) is 2.71. The molecule has 2 aromatic rings. The zero-order valence-electron chi connectivity index (χ0n) is 9.67. The Bertz CT molecular complexity index is 595. The number of methoxy groups -OCH3 is 1. The SMILES string of the molecule is COC(=O)C(N)Cc1c[nH]c2cc(Cl)c(Cl)cc12. The van der Waals surface area contributed by atoms with Crippen LogP contribution in [0.3, 0.4) is 0 Å². The monoisotopic (exact) mass is 286 g/mol. The molecule has 0 amide bonds. The first-order valence-corrected chi connectivity index (χ1v) is 6.07. The molecule has 0 saturated carbocycles. The number of ether oxygens (including phenoxy) is 1. The van der Waals surface area contributed by atoms with E-state index in [1.165, 1.54) is 7.11 Å². The normalized spacial score (nSPS) is 12.7. The molecular formula is C12H12Cl2N2O2. The fourth-order valence-corrected chi connectivity index (χ4v) is 2.14. The molecule has 1 heterocycles. The van der Waals surface area contributed by atoms with Gasteiger partial charge >= 0.3 is 5.97 Å². The van der Waals surface area contributed by atoms with E-state index in [2.05, 4.69) is 9.72 Å². The maximum Gasteiger partial charge on any atom is 0.322 e. The molecule has 96 valence electrons. The number of halogens is 2. The van der Waals surface area contributed by atoms with Crippen molar-refractivity contribution in [3.63, 3.8) is 0 Å². The van der Waals surface area contributed by atoms with Gasteiger partial charge in [0.15, 0.2) is 0 Å². The van der Waals surface area contributed by atoms with Gasteiger partial charge in [0.05, 0.1) is 17.2 Å². The molecule has 2 rings (SSSR count). The molecule has 1 atom stereocenters. The number of carbonyl (C=O) groups is 1. The van der Waals surface area contributed by atoms with Gasteiger partial charge in [0.25, 0.3) is 0 Å². The van der Waals surface area contributed by atoms with Gasteiger partial charge in [-0.25, -0.2) is 0 Å². The molecule has 0 aliphatic heterocycles. The molecule has 0 aliphatic rings. The molecule has 1 aromatic carbocycles. The molecule has 0 bridgehead atoms. The predicted molar refractivity (Wildman–Crippen MR) is 72.0 cm³/mol. The van der Waals surface area contributed by atoms with Gasteiger partial charge in [0, 0.05) is 23.5 Å². The number of carbonyl (C=O) groups excluding carboxylic acids is 1. The van der Waals surface area contributed by atoms with Crippen LogP contribution in [0.2, 0.25) is 10.0 Å². The Morgan fingerprint density at radius 2 is 2.11 bits per heavy atom. The van der Waals surface area contributed by atoms with Crippen LogP contribution in [0.4, 0.5) is 0 Å². The number of fused-ring (bicyclic) bond motifs is 1. The second-order valence-corrected chi connectivity index (χ2v) is 4.77. The molecule has 3 N–H and O–H groups in total. The van der Waals surface area contributed by atoms with Crippen molar-refractivity contribution in [2.75, 3.05) is 7.11 Å². The lowest BCUT2D eigenvalue weighted by Crippen LogP contribution is -2.33. The Morgan fingerprint density at radius 1 is 1.44 bits per heavy atom. The summed E-state index contributed by atoms with van der Waals surface area (Å²) in [5.41, 5.74) is 7.49. The van der Waals surface area contributed by atoms with E-state index in [0.717, 1.165) is 16.5 Å². The zero-order valence-corrected chi connectivity index (χ0v) is 11.2. The molecule has 4 nitrogen and oxygen atoms in total. The number of aromatic nitrogens is 1. The van der Waals surface area contributed by atoms with E-state index in [-0.39, 0.29) is 0 Å². The molecule has 0 radical (unpaired) electrons. The Balaban J connectivity index is 2.35. The minimum Gasteiger partial charge on any atom is -0.468 e. The van der Waals surface area contributed by atoms with Crippen LogP contribution < -0.4 is 5.73 Å². The fourth-order valence-electron chi connectivity index (χ4n) is 1.82. The summed E-state index contributed by atoms with van der Waals surface area (Å²) >= 11 is 11.9. The van der Waals surface area contributed by atoms with Gasteiger partial charge in [0.2, 0.25) is 0 Å². The third kappa shape index (κ3) is 2.46. The number of benzene rings is 1. The summed E-state index contributed by atoms with van der Waals surface area (Å²) in [4.78, 5) is 14.4. The maximum atomic E-state index is 11.3. The quantitative estimate of drug-likeness (QED) is 0.852. The van der Waals surface area contributed by atoms with Crippen LogP contribution >= 0.6 is 23.2 Å². The number of esters is 1. The number of hydrogen-bond acceptors (Lipinski definition) is 3. The second kappa shape index (κ2) is 5.18. The van der Waals surface area contributed by atoms with E-state index in [1.807, 2.05) is 0 Å². The van der Waals surface area contributed by atoms with Crippen LogP contribution in [-0.2, 0) is 16.0 Å². The van der Waals surface area contributed by atoms with Gasteiger partial charge in [-0.3, -0.25) is 4.79 Å². The first-order valence-electron chi connectivity index (χ1n) is 5.31. The molecule has 1 aromatic heterocycles. The van der Waals surface area contributed by atoms with Gasteiger partial charge in [0.1, 0.15) is 6.04 Å². The number of aromatic amines is 1. The van der Waals surface area contributed by atoms with Crippen LogP contribution in [0.5, 0.6) is 0 Å². The van der Waals surface area contributed by atoms with E-state index in [9.17, 15) is 4.79 Å². The zero-order chi connectivity index (χ0) is 13.3. The van der Waals surface area contributed by atoms with Crippen LogP contribution in [0, 0.1) is 0 Å². The van der Waals surface area contributed by atoms with Crippen molar-refractivity contribution in [3.8, 4) is 0 Å². The highest BCUT2D eigenvalue weighted by Gasteiger charge is 2.17. The lowest BCUT2D eigenvalue weighted by molar-refractivity contribution is -0.142. The third-order valence-electron chi connectivity index (χ3n) is 2.75. The van der Waals surface area contributed by atoms with Gasteiger partial charge in [-0.15, -0.1) is 0 Å². The summed E-state index contributed by atoms with van der Waals surface area (Å²) in [7, 11) is 1.31. The highest BCUT2D eigenvalue weighted by Crippen LogP contribution is 2.29. The van der Waals surface area contributed by atoms with Crippen molar-refractivity contribution in [3.05, 3.63) is 33.9 Å². The number of H-pyrrole nitrogens is 1. The third-order valence-corrected chi connectivity index (χ3v) is 3.47. The van der Waals surface area contributed by atoms with Crippen LogP contribution in [0.15, 0.2) is 18.3 Å². The lowest BCUT2D eigenvalue weighted by atomic mass is 10.1. The molecular weight excluding hydrogens is 275 g/mol. The van der Waals surface area contributed by atoms with Crippen molar-refractivity contribution in [1.29, 1.82) is 0 Å². The molecule has 0 spiro atoms. The van der Waals surface area contributed by atoms with Crippen LogP contribution in [-0.4, -0.2) is 24.1 Å². The number of rotatable bonds is 3. The molecule has 0 saturated heterocycles. The Morgan fingerprint density at radius 3 is 2.78 bits per heavy atom. The molecule has 6 heteroatoms. The van der Waals surface area contributed by atoms with Gasteiger partial charge in [-0.2, -0.15) is 0 Å². The fraction of sp³-hybridized carbons (Fsp3) is 0.250. The molecule has 0 aliphatic carbocycles. The lowest BCUT2D eigenvalue weighted by Gasteiger charge is -2.08. The first kappa shape index (κ1) is 13.2. The van der Waals surface area contributed by atoms with Crippen molar-refractivity contribution in [2.24, 2.45) is 5.73 Å². The highest BCUT2D eigenvalue weighted by molar-refractivity contribution is 6.42. The Kier molecular flexibility index (Phi) is 3.80. The highest BCUT2D eigenvalue weighted by atomic mass is 35.5. The molecule has 1 unspecified atom stereocenters. The maximum absolute atomic E-state index is 11.3.